The van der Waals surface area contributed by atoms with Crippen molar-refractivity contribution >= 4 is 50.0 Å². The molecule has 8 nitrogen and oxygen atoms in total. The molecule has 0 aliphatic heterocycles. The summed E-state index contributed by atoms with van der Waals surface area (Å²) in [7, 11) is -4.04. The van der Waals surface area contributed by atoms with Crippen molar-refractivity contribution in [2.24, 2.45) is 0 Å². The summed E-state index contributed by atoms with van der Waals surface area (Å²) in [6.45, 7) is -0.116. The molecule has 0 unspecified atom stereocenters. The molecule has 0 spiro atoms. The van der Waals surface area contributed by atoms with Gasteiger partial charge in [0, 0.05) is 11.9 Å². The Morgan fingerprint density at radius 1 is 1.03 bits per heavy atom. The molecule has 13 heteroatoms. The molecule has 0 aliphatic carbocycles. The molecule has 0 saturated carbocycles. The maximum Gasteiger partial charge on any atom is 0.417 e. The first-order valence-corrected chi connectivity index (χ1v) is 12.0. The zero-order valence-corrected chi connectivity index (χ0v) is 19.6. The highest BCUT2D eigenvalue weighted by Crippen LogP contribution is 2.35. The topological polar surface area (TPSA) is 121 Å². The second-order valence-electron chi connectivity index (χ2n) is 7.53. The molecule has 36 heavy (non-hydrogen) atoms. The third-order valence-corrected chi connectivity index (χ3v) is 6.80. The molecular formula is C23H16ClF3N4O4S. The van der Waals surface area contributed by atoms with Crippen LogP contribution in [-0.4, -0.2) is 29.5 Å². The van der Waals surface area contributed by atoms with Gasteiger partial charge in [-0.05, 0) is 42.0 Å². The summed E-state index contributed by atoms with van der Waals surface area (Å²) in [5.74, 6) is -1.27. The van der Waals surface area contributed by atoms with Crippen LogP contribution in [0, 0.1) is 0 Å². The number of carbonyl (C=O) groups is 1. The highest BCUT2D eigenvalue weighted by Gasteiger charge is 2.33. The number of hydrogen-bond acceptors (Lipinski definition) is 6. The normalized spacial score (nSPS) is 11.9. The van der Waals surface area contributed by atoms with Crippen molar-refractivity contribution in [1.29, 1.82) is 0 Å². The van der Waals surface area contributed by atoms with E-state index in [1.807, 2.05) is 0 Å². The van der Waals surface area contributed by atoms with Gasteiger partial charge in [-0.2, -0.15) is 13.2 Å². The number of carboxylic acids is 1. The Morgan fingerprint density at radius 3 is 2.42 bits per heavy atom. The first-order valence-electron chi connectivity index (χ1n) is 10.1. The first kappa shape index (κ1) is 25.2. The van der Waals surface area contributed by atoms with Crippen LogP contribution in [0.2, 0.25) is 5.02 Å². The predicted octanol–water partition coefficient (Wildman–Crippen LogP) is 5.41. The third-order valence-electron chi connectivity index (χ3n) is 5.07. The van der Waals surface area contributed by atoms with Crippen LogP contribution in [0.25, 0.3) is 10.9 Å². The lowest BCUT2D eigenvalue weighted by Crippen LogP contribution is -2.14. The molecule has 0 radical (unpaired) electrons. The van der Waals surface area contributed by atoms with Crippen molar-refractivity contribution in [1.82, 2.24) is 9.97 Å². The minimum absolute atomic E-state index is 0.00902. The van der Waals surface area contributed by atoms with E-state index in [9.17, 15) is 31.5 Å². The van der Waals surface area contributed by atoms with Gasteiger partial charge >= 0.3 is 12.1 Å². The van der Waals surface area contributed by atoms with Crippen LogP contribution < -0.4 is 10.0 Å². The van der Waals surface area contributed by atoms with Gasteiger partial charge in [0.15, 0.2) is 0 Å². The minimum Gasteiger partial charge on any atom is -0.478 e. The number of rotatable bonds is 7. The first-order chi connectivity index (χ1) is 17.0. The van der Waals surface area contributed by atoms with Gasteiger partial charge in [0.2, 0.25) is 0 Å². The number of carboxylic acid groups (broad SMARTS) is 1. The maximum absolute atomic E-state index is 13.2. The van der Waals surface area contributed by atoms with Gasteiger partial charge in [-0.25, -0.2) is 23.2 Å². The van der Waals surface area contributed by atoms with Crippen molar-refractivity contribution < 1.29 is 31.5 Å². The Morgan fingerprint density at radius 2 is 1.75 bits per heavy atom. The minimum atomic E-state index is -4.64. The second-order valence-corrected chi connectivity index (χ2v) is 9.62. The van der Waals surface area contributed by atoms with E-state index < -0.39 is 32.8 Å². The molecule has 0 fully saturated rings. The van der Waals surface area contributed by atoms with Gasteiger partial charge in [0.05, 0.1) is 32.2 Å². The number of hydrogen-bond donors (Lipinski definition) is 3. The van der Waals surface area contributed by atoms with Crippen molar-refractivity contribution in [3.05, 3.63) is 88.7 Å². The van der Waals surface area contributed by atoms with Gasteiger partial charge in [-0.1, -0.05) is 35.9 Å². The molecule has 0 amide bonds. The number of benzene rings is 3. The Balaban J connectivity index is 1.72. The number of halogens is 4. The van der Waals surface area contributed by atoms with E-state index in [4.69, 9.17) is 11.6 Å². The third kappa shape index (κ3) is 5.34. The Kier molecular flexibility index (Phi) is 6.74. The molecule has 0 aliphatic rings. The number of aromatic carboxylic acids is 1. The highest BCUT2D eigenvalue weighted by atomic mass is 35.5. The zero-order valence-electron chi connectivity index (χ0n) is 18.0. The van der Waals surface area contributed by atoms with Crippen molar-refractivity contribution in [3.8, 4) is 0 Å². The van der Waals surface area contributed by atoms with Crippen LogP contribution >= 0.6 is 11.6 Å². The second kappa shape index (κ2) is 9.63. The van der Waals surface area contributed by atoms with Crippen LogP contribution in [0.1, 0.15) is 21.5 Å². The van der Waals surface area contributed by atoms with E-state index in [0.29, 0.717) is 0 Å². The monoisotopic (exact) mass is 536 g/mol. The Bertz CT molecular complexity index is 1570. The summed E-state index contributed by atoms with van der Waals surface area (Å²) >= 11 is 5.66. The molecule has 1 heterocycles. The fraction of sp³-hybridized carbons (Fsp3) is 0.0870. The molecule has 4 aromatic rings. The van der Waals surface area contributed by atoms with Crippen LogP contribution in [0.3, 0.4) is 0 Å². The van der Waals surface area contributed by atoms with Crippen molar-refractivity contribution in [2.45, 2.75) is 17.6 Å². The quantitative estimate of drug-likeness (QED) is 0.288. The average Bonchev–Trinajstić information content (AvgIpc) is 2.82. The highest BCUT2D eigenvalue weighted by molar-refractivity contribution is 7.92. The Hall–Kier alpha value is -3.90. The number of alkyl halides is 3. The fourth-order valence-electron chi connectivity index (χ4n) is 3.43. The maximum atomic E-state index is 13.2. The van der Waals surface area contributed by atoms with E-state index in [1.165, 1.54) is 36.4 Å². The molecule has 3 aromatic carbocycles. The molecule has 4 rings (SSSR count). The van der Waals surface area contributed by atoms with Crippen molar-refractivity contribution in [3.63, 3.8) is 0 Å². The van der Waals surface area contributed by atoms with Crippen LogP contribution in [-0.2, 0) is 22.7 Å². The lowest BCUT2D eigenvalue weighted by atomic mass is 10.1. The lowest BCUT2D eigenvalue weighted by molar-refractivity contribution is -0.137. The summed E-state index contributed by atoms with van der Waals surface area (Å²) in [5.41, 5.74) is -1.11. The molecule has 3 N–H and O–H groups in total. The van der Waals surface area contributed by atoms with Crippen LogP contribution in [0.15, 0.2) is 71.9 Å². The van der Waals surface area contributed by atoms with Gasteiger partial charge < -0.3 is 10.4 Å². The average molecular weight is 537 g/mol. The van der Waals surface area contributed by atoms with Gasteiger partial charge in [-0.3, -0.25) is 4.72 Å². The largest absolute Gasteiger partial charge is 0.478 e. The number of fused-ring (bicyclic) bond motifs is 1. The molecule has 0 atom stereocenters. The number of anilines is 2. The van der Waals surface area contributed by atoms with Crippen LogP contribution in [0.4, 0.5) is 24.7 Å². The standard InChI is InChI=1S/C23H16ClF3N4O4S/c24-19-7-6-13(8-18(19)23(25,26)27)11-28-21-16-9-14(10-17(22(32)33)20(16)29-12-30-21)31-36(34,35)15-4-2-1-3-5-15/h1-10,12,31H,11H2,(H,32,33)(H,28,29,30). The van der Waals surface area contributed by atoms with E-state index in [2.05, 4.69) is 20.0 Å². The lowest BCUT2D eigenvalue weighted by Gasteiger charge is -2.14. The van der Waals surface area contributed by atoms with Crippen LogP contribution in [0.5, 0.6) is 0 Å². The molecule has 186 valence electrons. The smallest absolute Gasteiger partial charge is 0.417 e. The number of aromatic nitrogens is 2. The summed E-state index contributed by atoms with van der Waals surface area (Å²) in [6, 6.07) is 13.3. The van der Waals surface area contributed by atoms with E-state index in [-0.39, 0.29) is 45.0 Å². The summed E-state index contributed by atoms with van der Waals surface area (Å²) in [5, 5.41) is 12.2. The fourth-order valence-corrected chi connectivity index (χ4v) is 4.72. The summed E-state index contributed by atoms with van der Waals surface area (Å²) < 4.78 is 67.4. The number of nitrogens with zero attached hydrogens (tertiary/aromatic N) is 2. The predicted molar refractivity (Wildman–Crippen MR) is 128 cm³/mol. The molecular weight excluding hydrogens is 521 g/mol. The van der Waals surface area contributed by atoms with E-state index >= 15 is 0 Å². The molecule has 0 saturated heterocycles. The molecule has 0 bridgehead atoms. The van der Waals surface area contributed by atoms with Gasteiger partial charge in [0.1, 0.15) is 12.1 Å². The summed E-state index contributed by atoms with van der Waals surface area (Å²) in [4.78, 5) is 19.9. The Labute approximate surface area is 207 Å². The van der Waals surface area contributed by atoms with E-state index in [1.54, 1.807) is 6.07 Å². The van der Waals surface area contributed by atoms with Crippen molar-refractivity contribution in [2.75, 3.05) is 10.0 Å². The van der Waals surface area contributed by atoms with E-state index in [0.717, 1.165) is 24.5 Å². The number of nitrogens with one attached hydrogen (secondary N) is 2. The SMILES string of the molecule is O=C(O)c1cc(NS(=O)(=O)c2ccccc2)cc2c(NCc3ccc(Cl)c(C(F)(F)F)c3)ncnc12. The number of sulfonamides is 1. The van der Waals surface area contributed by atoms with Gasteiger partial charge in [0.25, 0.3) is 10.0 Å². The molecule has 1 aromatic heterocycles. The van der Waals surface area contributed by atoms with Gasteiger partial charge in [-0.15, -0.1) is 0 Å². The summed E-state index contributed by atoms with van der Waals surface area (Å²) in [6.07, 6.45) is -3.55. The zero-order chi connectivity index (χ0) is 26.1.